The lowest BCUT2D eigenvalue weighted by Crippen LogP contribution is -2.57. The lowest BCUT2D eigenvalue weighted by molar-refractivity contribution is -0.140. The number of carboxylic acid groups (broad SMARTS) is 1. The monoisotopic (exact) mass is 662 g/mol. The molecule has 1 aromatic heterocycles. The van der Waals surface area contributed by atoms with E-state index in [1.807, 2.05) is 18.7 Å². The summed E-state index contributed by atoms with van der Waals surface area (Å²) in [6.07, 6.45) is -3.06. The number of rotatable bonds is 13. The van der Waals surface area contributed by atoms with Crippen LogP contribution in [0.3, 0.4) is 0 Å². The largest absolute Gasteiger partial charge is 0.481 e. The fourth-order valence-electron chi connectivity index (χ4n) is 6.52. The summed E-state index contributed by atoms with van der Waals surface area (Å²) in [5, 5.41) is 12.8. The molecule has 0 aliphatic carbocycles. The molecule has 0 unspecified atom stereocenters. The van der Waals surface area contributed by atoms with Gasteiger partial charge in [-0.05, 0) is 86.4 Å². The van der Waals surface area contributed by atoms with E-state index in [1.54, 1.807) is 52.1 Å². The van der Waals surface area contributed by atoms with Crippen LogP contribution in [0, 0.1) is 32.5 Å². The van der Waals surface area contributed by atoms with Crippen molar-refractivity contribution in [2.24, 2.45) is 5.92 Å². The SMILES string of the molecule is Cc1cccc(C)c1-c1cc([C@H](CC(=O)O)NC[C@H](CC(C)C)n2cc(CCN3CC(C)(F)C3)c(C)nc2=O)c(F)c(C(F)(F)F)c1. The predicted octanol–water partition coefficient (Wildman–Crippen LogP) is 6.97. The second-order valence-corrected chi connectivity index (χ2v) is 13.4. The Bertz CT molecular complexity index is 1640. The average molecular weight is 663 g/mol. The maximum absolute atomic E-state index is 15.8. The van der Waals surface area contributed by atoms with Crippen molar-refractivity contribution >= 4 is 5.97 Å². The zero-order chi connectivity index (χ0) is 34.8. The van der Waals surface area contributed by atoms with Gasteiger partial charge in [-0.3, -0.25) is 14.3 Å². The number of aliphatic carboxylic acids is 1. The number of nitrogens with zero attached hydrogens (tertiary/aromatic N) is 3. The molecule has 0 saturated carbocycles. The molecule has 1 aliphatic rings. The molecule has 2 N–H and O–H groups in total. The molecule has 47 heavy (non-hydrogen) atoms. The van der Waals surface area contributed by atoms with E-state index in [-0.39, 0.29) is 18.0 Å². The summed E-state index contributed by atoms with van der Waals surface area (Å²) in [6, 6.07) is 5.38. The van der Waals surface area contributed by atoms with Gasteiger partial charge >= 0.3 is 17.8 Å². The lowest BCUT2D eigenvalue weighted by Gasteiger charge is -2.42. The Morgan fingerprint density at radius 2 is 1.77 bits per heavy atom. The molecule has 0 amide bonds. The molecule has 4 rings (SSSR count). The molecule has 2 heterocycles. The van der Waals surface area contributed by atoms with Crippen molar-refractivity contribution in [3.8, 4) is 11.1 Å². The molecule has 7 nitrogen and oxygen atoms in total. The van der Waals surface area contributed by atoms with Crippen LogP contribution in [-0.2, 0) is 17.4 Å². The van der Waals surface area contributed by atoms with Gasteiger partial charge in [-0.25, -0.2) is 13.6 Å². The van der Waals surface area contributed by atoms with Gasteiger partial charge in [-0.15, -0.1) is 0 Å². The van der Waals surface area contributed by atoms with Gasteiger partial charge in [-0.1, -0.05) is 32.0 Å². The standard InChI is InChI=1S/C35H43F5N4O3/c1-20(2)12-26(44-17-24(23(5)42-33(44)47)10-11-43-18-34(6,37)19-43)16-41-29(15-30(45)46)27-13-25(14-28(32(27)36)35(38,39)40)31-21(3)8-7-9-22(31)4/h7-9,13-14,17,20,26,29,41H,10-12,15-16,18-19H2,1-6H3,(H,45,46)/t26-,29-/m0/s1. The van der Waals surface area contributed by atoms with Crippen molar-refractivity contribution < 1.29 is 31.9 Å². The number of alkyl halides is 4. The molecular formula is C35H43F5N4O3. The Kier molecular flexibility index (Phi) is 11.0. The van der Waals surface area contributed by atoms with Gasteiger partial charge in [0, 0.05) is 49.7 Å². The maximum atomic E-state index is 15.8. The van der Waals surface area contributed by atoms with Crippen LogP contribution in [0.4, 0.5) is 22.0 Å². The summed E-state index contributed by atoms with van der Waals surface area (Å²) in [7, 11) is 0. The van der Waals surface area contributed by atoms with Crippen molar-refractivity contribution in [1.82, 2.24) is 19.8 Å². The average Bonchev–Trinajstić information content (AvgIpc) is 2.92. The third-order valence-electron chi connectivity index (χ3n) is 8.71. The van der Waals surface area contributed by atoms with E-state index in [2.05, 4.69) is 10.3 Å². The van der Waals surface area contributed by atoms with E-state index in [9.17, 15) is 32.3 Å². The summed E-state index contributed by atoms with van der Waals surface area (Å²) in [6.45, 7) is 11.8. The molecule has 0 spiro atoms. The van der Waals surface area contributed by atoms with Crippen LogP contribution in [0.25, 0.3) is 11.1 Å². The van der Waals surface area contributed by atoms with Crippen molar-refractivity contribution in [3.05, 3.63) is 86.3 Å². The Labute approximate surface area is 271 Å². The Morgan fingerprint density at radius 3 is 2.32 bits per heavy atom. The number of hydrogen-bond acceptors (Lipinski definition) is 5. The first-order chi connectivity index (χ1) is 21.9. The number of carbonyl (C=O) groups is 1. The van der Waals surface area contributed by atoms with Crippen LogP contribution in [0.2, 0.25) is 0 Å². The smallest absolute Gasteiger partial charge is 0.419 e. The Morgan fingerprint density at radius 1 is 1.13 bits per heavy atom. The fourth-order valence-corrected chi connectivity index (χ4v) is 6.52. The normalized spacial score (nSPS) is 16.3. The highest BCUT2D eigenvalue weighted by molar-refractivity contribution is 5.73. The van der Waals surface area contributed by atoms with Gasteiger partial charge < -0.3 is 10.4 Å². The van der Waals surface area contributed by atoms with Crippen molar-refractivity contribution in [2.75, 3.05) is 26.2 Å². The Hall–Kier alpha value is -3.64. The number of nitrogens with one attached hydrogen (secondary N) is 1. The van der Waals surface area contributed by atoms with E-state index in [0.29, 0.717) is 54.9 Å². The number of benzene rings is 2. The molecule has 3 aromatic rings. The molecule has 2 aromatic carbocycles. The van der Waals surface area contributed by atoms with E-state index in [4.69, 9.17) is 0 Å². The van der Waals surface area contributed by atoms with Crippen molar-refractivity contribution in [3.63, 3.8) is 0 Å². The summed E-state index contributed by atoms with van der Waals surface area (Å²) < 4.78 is 73.7. The molecule has 256 valence electrons. The number of halogens is 5. The predicted molar refractivity (Wildman–Crippen MR) is 171 cm³/mol. The van der Waals surface area contributed by atoms with Crippen molar-refractivity contribution in [1.29, 1.82) is 0 Å². The highest BCUT2D eigenvalue weighted by Gasteiger charge is 2.39. The van der Waals surface area contributed by atoms with Gasteiger partial charge in [0.1, 0.15) is 11.5 Å². The molecule has 12 heteroatoms. The number of aryl methyl sites for hydroxylation is 3. The third-order valence-corrected chi connectivity index (χ3v) is 8.71. The maximum Gasteiger partial charge on any atom is 0.419 e. The van der Waals surface area contributed by atoms with Gasteiger partial charge in [0.15, 0.2) is 0 Å². The molecule has 0 radical (unpaired) electrons. The molecular weight excluding hydrogens is 619 g/mol. The van der Waals surface area contributed by atoms with Crippen LogP contribution < -0.4 is 11.0 Å². The summed E-state index contributed by atoms with van der Waals surface area (Å²) in [4.78, 5) is 31.3. The summed E-state index contributed by atoms with van der Waals surface area (Å²) >= 11 is 0. The van der Waals surface area contributed by atoms with Gasteiger partial charge in [0.05, 0.1) is 18.0 Å². The van der Waals surface area contributed by atoms with Crippen LogP contribution in [0.5, 0.6) is 0 Å². The first-order valence-electron chi connectivity index (χ1n) is 15.8. The third kappa shape index (κ3) is 8.84. The molecule has 2 atom stereocenters. The molecule has 1 fully saturated rings. The molecule has 1 saturated heterocycles. The minimum Gasteiger partial charge on any atom is -0.481 e. The lowest BCUT2D eigenvalue weighted by atomic mass is 9.90. The van der Waals surface area contributed by atoms with Crippen LogP contribution in [0.15, 0.2) is 41.3 Å². The number of carboxylic acids is 1. The van der Waals surface area contributed by atoms with Crippen molar-refractivity contribution in [2.45, 2.75) is 84.7 Å². The molecule has 1 aliphatic heterocycles. The van der Waals surface area contributed by atoms with Gasteiger partial charge in [0.2, 0.25) is 0 Å². The first-order valence-corrected chi connectivity index (χ1v) is 15.8. The number of likely N-dealkylation sites (tertiary alicyclic amines) is 1. The zero-order valence-corrected chi connectivity index (χ0v) is 27.6. The highest BCUT2D eigenvalue weighted by Crippen LogP contribution is 2.40. The molecule has 0 bridgehead atoms. The van der Waals surface area contributed by atoms with Crippen LogP contribution in [-0.4, -0.2) is 57.4 Å². The van der Waals surface area contributed by atoms with E-state index in [0.717, 1.165) is 11.6 Å². The van der Waals surface area contributed by atoms with Gasteiger partial charge in [-0.2, -0.15) is 18.2 Å². The van der Waals surface area contributed by atoms with Crippen LogP contribution >= 0.6 is 0 Å². The van der Waals surface area contributed by atoms with E-state index >= 15 is 4.39 Å². The fraction of sp³-hybridized carbons (Fsp3) is 0.514. The highest BCUT2D eigenvalue weighted by atomic mass is 19.4. The van der Waals surface area contributed by atoms with E-state index in [1.165, 1.54) is 10.6 Å². The first kappa shape index (κ1) is 36.2. The number of aromatic nitrogens is 2. The van der Waals surface area contributed by atoms with Gasteiger partial charge in [0.25, 0.3) is 0 Å². The second kappa shape index (κ2) is 14.2. The topological polar surface area (TPSA) is 87.5 Å². The quantitative estimate of drug-likeness (QED) is 0.192. The van der Waals surface area contributed by atoms with Crippen LogP contribution in [0.1, 0.15) is 79.2 Å². The Balaban J connectivity index is 1.71. The summed E-state index contributed by atoms with van der Waals surface area (Å²) in [5.74, 6) is -2.81. The minimum atomic E-state index is -5.03. The summed E-state index contributed by atoms with van der Waals surface area (Å²) in [5.41, 5.74) is -0.327. The number of hydrogen-bond donors (Lipinski definition) is 2. The minimum absolute atomic E-state index is 0.0407. The second-order valence-electron chi connectivity index (χ2n) is 13.4. The zero-order valence-electron chi connectivity index (χ0n) is 27.6. The van der Waals surface area contributed by atoms with E-state index < -0.39 is 59.0 Å².